The van der Waals surface area contributed by atoms with Gasteiger partial charge in [-0.1, -0.05) is 47.6 Å². The first-order valence-electron chi connectivity index (χ1n) is 7.71. The average molecular weight is 301 g/mol. The molecular weight excluding hydrogens is 268 g/mol. The van der Waals surface area contributed by atoms with Crippen LogP contribution in [-0.2, 0) is 14.0 Å². The molecule has 0 aromatic rings. The molecule has 0 fully saturated rings. The summed E-state index contributed by atoms with van der Waals surface area (Å²) in [6.45, 7) is 17.8. The molecule has 0 radical (unpaired) electrons. The Balaban J connectivity index is 4.96. The van der Waals surface area contributed by atoms with Crippen LogP contribution in [0.4, 0.5) is 0 Å². The normalized spacial score (nSPS) is 14.6. The summed E-state index contributed by atoms with van der Waals surface area (Å²) in [6, 6.07) is 0. The quantitative estimate of drug-likeness (QED) is 0.371. The zero-order chi connectivity index (χ0) is 15.9. The minimum Gasteiger partial charge on any atom is -0.463 e. The van der Waals surface area contributed by atoms with Gasteiger partial charge in [0, 0.05) is 6.08 Å². The van der Waals surface area contributed by atoms with E-state index in [9.17, 15) is 4.79 Å². The van der Waals surface area contributed by atoms with Crippen LogP contribution in [0, 0.1) is 0 Å². The molecule has 0 spiro atoms. The van der Waals surface area contributed by atoms with Crippen LogP contribution in [0.25, 0.3) is 0 Å². The molecule has 0 unspecified atom stereocenters. The van der Waals surface area contributed by atoms with Gasteiger partial charge in [0.05, 0.1) is 12.7 Å². The summed E-state index contributed by atoms with van der Waals surface area (Å²) < 4.78 is 11.4. The first-order valence-corrected chi connectivity index (χ1v) is 9.85. The lowest BCUT2D eigenvalue weighted by atomic mass is 10.3. The van der Waals surface area contributed by atoms with Gasteiger partial charge in [0.15, 0.2) is 0 Å². The second kappa shape index (κ2) is 8.62. The fourth-order valence-corrected chi connectivity index (χ4v) is 8.71. The van der Waals surface area contributed by atoms with Crippen LogP contribution >= 0.6 is 0 Å². The van der Waals surface area contributed by atoms with Gasteiger partial charge in [0.25, 0.3) is 0 Å². The number of carbonyl (C=O) groups is 1. The zero-order valence-corrected chi connectivity index (χ0v) is 15.4. The van der Waals surface area contributed by atoms with Crippen LogP contribution in [0.2, 0.25) is 16.6 Å². The molecule has 0 aliphatic rings. The third-order valence-corrected chi connectivity index (χ3v) is 10.1. The van der Waals surface area contributed by atoms with Crippen molar-refractivity contribution in [2.24, 2.45) is 0 Å². The van der Waals surface area contributed by atoms with Crippen LogP contribution in [-0.4, -0.2) is 27.0 Å². The average Bonchev–Trinajstić information content (AvgIpc) is 2.32. The lowest BCUT2D eigenvalue weighted by molar-refractivity contribution is -0.137. The third-order valence-electron chi connectivity index (χ3n) is 3.89. The molecule has 20 heavy (non-hydrogen) atoms. The Labute approximate surface area is 125 Å². The number of hydrogen-bond acceptors (Lipinski definition) is 3. The van der Waals surface area contributed by atoms with E-state index >= 15 is 0 Å². The Morgan fingerprint density at radius 2 is 1.45 bits per heavy atom. The summed E-state index contributed by atoms with van der Waals surface area (Å²) in [5.74, 6) is -0.297. The Kier molecular flexibility index (Phi) is 8.36. The molecule has 0 saturated heterocycles. The molecule has 0 aliphatic heterocycles. The van der Waals surface area contributed by atoms with Crippen molar-refractivity contribution in [3.63, 3.8) is 0 Å². The highest BCUT2D eigenvalue weighted by atomic mass is 28.4. The highest BCUT2D eigenvalue weighted by molar-refractivity contribution is 6.77. The van der Waals surface area contributed by atoms with Crippen molar-refractivity contribution in [1.29, 1.82) is 0 Å². The van der Waals surface area contributed by atoms with Crippen molar-refractivity contribution in [2.75, 3.05) is 6.61 Å². The van der Waals surface area contributed by atoms with E-state index in [1.54, 1.807) is 6.92 Å². The van der Waals surface area contributed by atoms with E-state index in [0.717, 1.165) is 0 Å². The number of hydrogen-bond donors (Lipinski definition) is 0. The third kappa shape index (κ3) is 5.06. The summed E-state index contributed by atoms with van der Waals surface area (Å²) >= 11 is 0. The highest BCUT2D eigenvalue weighted by Gasteiger charge is 2.45. The second-order valence-electron chi connectivity index (χ2n) is 6.25. The molecule has 0 saturated carbocycles. The van der Waals surface area contributed by atoms with Crippen molar-refractivity contribution in [3.8, 4) is 0 Å². The topological polar surface area (TPSA) is 35.5 Å². The maximum absolute atomic E-state index is 11.4. The Morgan fingerprint density at radius 1 is 1.00 bits per heavy atom. The van der Waals surface area contributed by atoms with Gasteiger partial charge in [-0.2, -0.15) is 0 Å². The Bertz CT molecular complexity index is 300. The van der Waals surface area contributed by atoms with Gasteiger partial charge in [-0.25, -0.2) is 4.79 Å². The van der Waals surface area contributed by atoms with Gasteiger partial charge in [-0.05, 0) is 30.5 Å². The van der Waals surface area contributed by atoms with E-state index < -0.39 is 8.32 Å². The maximum Gasteiger partial charge on any atom is 0.330 e. The SMILES string of the molecule is CCOC(=O)/C=C/[C@@H](C)O[Si](C(C)C)(C(C)C)C(C)C. The summed E-state index contributed by atoms with van der Waals surface area (Å²) in [6.07, 6.45) is 3.24. The minimum atomic E-state index is -1.88. The summed E-state index contributed by atoms with van der Waals surface area (Å²) in [5.41, 5.74) is 1.63. The number of ether oxygens (including phenoxy) is 1. The van der Waals surface area contributed by atoms with Gasteiger partial charge >= 0.3 is 5.97 Å². The summed E-state index contributed by atoms with van der Waals surface area (Å²) in [4.78, 5) is 11.4. The van der Waals surface area contributed by atoms with Gasteiger partial charge in [0.2, 0.25) is 8.32 Å². The monoisotopic (exact) mass is 300 g/mol. The fraction of sp³-hybridized carbons (Fsp3) is 0.812. The van der Waals surface area contributed by atoms with Crippen molar-refractivity contribution in [1.82, 2.24) is 0 Å². The molecule has 0 heterocycles. The molecule has 118 valence electrons. The molecular formula is C16H32O3Si. The van der Waals surface area contributed by atoms with Crippen LogP contribution in [0.3, 0.4) is 0 Å². The molecule has 0 bridgehead atoms. The van der Waals surface area contributed by atoms with Gasteiger partial charge in [0.1, 0.15) is 0 Å². The highest BCUT2D eigenvalue weighted by Crippen LogP contribution is 2.43. The van der Waals surface area contributed by atoms with E-state index in [2.05, 4.69) is 41.5 Å². The second-order valence-corrected chi connectivity index (χ2v) is 11.7. The molecule has 0 N–H and O–H groups in total. The van der Waals surface area contributed by atoms with Crippen molar-refractivity contribution in [2.45, 2.75) is 78.1 Å². The smallest absolute Gasteiger partial charge is 0.330 e. The van der Waals surface area contributed by atoms with Crippen molar-refractivity contribution < 1.29 is 14.0 Å². The molecule has 0 aromatic heterocycles. The summed E-state index contributed by atoms with van der Waals surface area (Å²) in [7, 11) is -1.88. The van der Waals surface area contributed by atoms with Gasteiger partial charge in [-0.3, -0.25) is 0 Å². The zero-order valence-electron chi connectivity index (χ0n) is 14.4. The van der Waals surface area contributed by atoms with Gasteiger partial charge in [-0.15, -0.1) is 0 Å². The van der Waals surface area contributed by atoms with E-state index in [4.69, 9.17) is 9.16 Å². The van der Waals surface area contributed by atoms with Crippen LogP contribution < -0.4 is 0 Å². The van der Waals surface area contributed by atoms with Crippen LogP contribution in [0.1, 0.15) is 55.4 Å². The number of esters is 1. The van der Waals surface area contributed by atoms with Crippen LogP contribution in [0.15, 0.2) is 12.2 Å². The lowest BCUT2D eigenvalue weighted by Crippen LogP contribution is -2.49. The first kappa shape index (κ1) is 19.4. The number of carbonyl (C=O) groups excluding carboxylic acids is 1. The molecule has 0 amide bonds. The van der Waals surface area contributed by atoms with E-state index in [-0.39, 0.29) is 12.1 Å². The standard InChI is InChI=1S/C16H32O3Si/c1-9-18-16(17)11-10-15(8)19-20(12(2)3,13(4)5)14(6)7/h10-15H,9H2,1-8H3/b11-10+/t15-/m1/s1. The molecule has 3 nitrogen and oxygen atoms in total. The van der Waals surface area contributed by atoms with E-state index in [1.807, 2.05) is 13.0 Å². The maximum atomic E-state index is 11.4. The predicted molar refractivity (Wildman–Crippen MR) is 87.4 cm³/mol. The Hall–Kier alpha value is -0.613. The number of rotatable bonds is 8. The molecule has 4 heteroatoms. The predicted octanol–water partition coefficient (Wildman–Crippen LogP) is 4.69. The first-order chi connectivity index (χ1) is 9.18. The largest absolute Gasteiger partial charge is 0.463 e. The van der Waals surface area contributed by atoms with Crippen LogP contribution in [0.5, 0.6) is 0 Å². The lowest BCUT2D eigenvalue weighted by Gasteiger charge is -2.43. The molecule has 0 aliphatic carbocycles. The van der Waals surface area contributed by atoms with E-state index in [0.29, 0.717) is 23.2 Å². The van der Waals surface area contributed by atoms with Gasteiger partial charge < -0.3 is 9.16 Å². The van der Waals surface area contributed by atoms with Crippen molar-refractivity contribution in [3.05, 3.63) is 12.2 Å². The van der Waals surface area contributed by atoms with E-state index in [1.165, 1.54) is 6.08 Å². The Morgan fingerprint density at radius 3 is 1.80 bits per heavy atom. The molecule has 0 rings (SSSR count). The summed E-state index contributed by atoms with van der Waals surface area (Å²) in [5, 5.41) is 0. The van der Waals surface area contributed by atoms with Crippen molar-refractivity contribution >= 4 is 14.3 Å². The molecule has 0 aromatic carbocycles. The minimum absolute atomic E-state index is 0.0572. The molecule has 1 atom stereocenters. The fourth-order valence-electron chi connectivity index (χ4n) is 3.17.